The van der Waals surface area contributed by atoms with Crippen molar-refractivity contribution in [3.8, 4) is 5.69 Å². The van der Waals surface area contributed by atoms with Crippen LogP contribution in [-0.2, 0) is 9.53 Å². The van der Waals surface area contributed by atoms with Gasteiger partial charge in [0, 0.05) is 12.6 Å². The Balaban J connectivity index is 2.03. The lowest BCUT2D eigenvalue weighted by Crippen LogP contribution is -2.30. The predicted molar refractivity (Wildman–Crippen MR) is 88.0 cm³/mol. The maximum atomic E-state index is 12.1. The topological polar surface area (TPSA) is 90.3 Å². The molecule has 1 heterocycles. The molecule has 0 unspecified atom stereocenters. The normalized spacial score (nSPS) is 10.5. The maximum Gasteiger partial charge on any atom is 0.307 e. The quantitative estimate of drug-likeness (QED) is 0.807. The molecule has 1 aromatic carbocycles. The van der Waals surface area contributed by atoms with Gasteiger partial charge in [-0.15, -0.1) is 0 Å². The summed E-state index contributed by atoms with van der Waals surface area (Å²) in [6, 6.07) is 11.4. The standard InChI is InChI=1S/C17H19N3O4/c1-12(2)24-16(22)10-11-18-17(23)14-8-9-15(21)20(19-14)13-6-4-3-5-7-13/h3-9,12H,10-11H2,1-2H3,(H,18,23). The van der Waals surface area contributed by atoms with Gasteiger partial charge in [0.1, 0.15) is 5.69 Å². The molecule has 1 amide bonds. The number of carbonyl (C=O) groups is 2. The van der Waals surface area contributed by atoms with Crippen molar-refractivity contribution in [2.24, 2.45) is 0 Å². The fourth-order valence-electron chi connectivity index (χ4n) is 1.98. The minimum atomic E-state index is -0.461. The number of para-hydroxylation sites is 1. The summed E-state index contributed by atoms with van der Waals surface area (Å²) >= 11 is 0. The molecule has 24 heavy (non-hydrogen) atoms. The number of ether oxygens (including phenoxy) is 1. The second-order valence-electron chi connectivity index (χ2n) is 5.35. The summed E-state index contributed by atoms with van der Waals surface area (Å²) in [5, 5.41) is 6.65. The molecule has 0 saturated carbocycles. The van der Waals surface area contributed by atoms with Crippen molar-refractivity contribution in [3.63, 3.8) is 0 Å². The van der Waals surface area contributed by atoms with E-state index >= 15 is 0 Å². The summed E-state index contributed by atoms with van der Waals surface area (Å²) in [5.41, 5.74) is 0.326. The summed E-state index contributed by atoms with van der Waals surface area (Å²) in [6.07, 6.45) is -0.119. The first-order valence-corrected chi connectivity index (χ1v) is 7.61. The van der Waals surface area contributed by atoms with E-state index in [0.29, 0.717) is 5.69 Å². The molecule has 1 aromatic heterocycles. The van der Waals surface area contributed by atoms with Crippen LogP contribution in [0, 0.1) is 0 Å². The van der Waals surface area contributed by atoms with Gasteiger partial charge in [-0.25, -0.2) is 0 Å². The van der Waals surface area contributed by atoms with Crippen LogP contribution in [0.25, 0.3) is 5.69 Å². The number of benzene rings is 1. The summed E-state index contributed by atoms with van der Waals surface area (Å²) in [4.78, 5) is 35.4. The highest BCUT2D eigenvalue weighted by Crippen LogP contribution is 2.02. The van der Waals surface area contributed by atoms with Crippen molar-refractivity contribution < 1.29 is 14.3 Å². The largest absolute Gasteiger partial charge is 0.463 e. The summed E-state index contributed by atoms with van der Waals surface area (Å²) in [6.45, 7) is 3.65. The molecule has 0 spiro atoms. The number of hydrogen-bond donors (Lipinski definition) is 1. The zero-order valence-electron chi connectivity index (χ0n) is 13.6. The van der Waals surface area contributed by atoms with Gasteiger partial charge in [0.15, 0.2) is 0 Å². The number of amides is 1. The zero-order valence-corrected chi connectivity index (χ0v) is 13.6. The number of hydrogen-bond acceptors (Lipinski definition) is 5. The monoisotopic (exact) mass is 329 g/mol. The average Bonchev–Trinajstić information content (AvgIpc) is 2.55. The van der Waals surface area contributed by atoms with Crippen molar-refractivity contribution in [2.75, 3.05) is 6.54 Å². The van der Waals surface area contributed by atoms with Crippen LogP contribution in [0.2, 0.25) is 0 Å². The summed E-state index contributed by atoms with van der Waals surface area (Å²) < 4.78 is 6.13. The lowest BCUT2D eigenvalue weighted by atomic mass is 10.3. The number of nitrogens with zero attached hydrogens (tertiary/aromatic N) is 2. The minimum absolute atomic E-state index is 0.0717. The van der Waals surface area contributed by atoms with Crippen LogP contribution in [0.4, 0.5) is 0 Å². The molecule has 2 aromatic rings. The SMILES string of the molecule is CC(C)OC(=O)CCNC(=O)c1ccc(=O)n(-c2ccccc2)n1. The Labute approximate surface area is 139 Å². The Morgan fingerprint density at radius 3 is 2.54 bits per heavy atom. The Morgan fingerprint density at radius 2 is 1.88 bits per heavy atom. The first-order chi connectivity index (χ1) is 11.5. The van der Waals surface area contributed by atoms with Crippen LogP contribution in [0.5, 0.6) is 0 Å². The third kappa shape index (κ3) is 4.77. The van der Waals surface area contributed by atoms with Crippen LogP contribution in [0.15, 0.2) is 47.3 Å². The van der Waals surface area contributed by atoms with E-state index in [0.717, 1.165) is 4.68 Å². The van der Waals surface area contributed by atoms with Crippen LogP contribution in [0.3, 0.4) is 0 Å². The van der Waals surface area contributed by atoms with Crippen LogP contribution >= 0.6 is 0 Å². The fourth-order valence-corrected chi connectivity index (χ4v) is 1.98. The molecule has 0 aliphatic heterocycles. The minimum Gasteiger partial charge on any atom is -0.463 e. The molecular weight excluding hydrogens is 310 g/mol. The number of rotatable bonds is 6. The predicted octanol–water partition coefficient (Wildman–Crippen LogP) is 1.30. The van der Waals surface area contributed by atoms with E-state index in [1.807, 2.05) is 6.07 Å². The number of aromatic nitrogens is 2. The molecule has 0 atom stereocenters. The number of nitrogens with one attached hydrogen (secondary N) is 1. The third-order valence-electron chi connectivity index (χ3n) is 3.02. The van der Waals surface area contributed by atoms with Crippen LogP contribution in [-0.4, -0.2) is 34.3 Å². The van der Waals surface area contributed by atoms with Gasteiger partial charge in [-0.1, -0.05) is 18.2 Å². The Kier molecular flexibility index (Phi) is 5.83. The Morgan fingerprint density at radius 1 is 1.17 bits per heavy atom. The van der Waals surface area contributed by atoms with E-state index in [1.54, 1.807) is 38.1 Å². The van der Waals surface area contributed by atoms with Crippen molar-refractivity contribution in [3.05, 3.63) is 58.5 Å². The molecule has 2 rings (SSSR count). The van der Waals surface area contributed by atoms with Gasteiger partial charge < -0.3 is 10.1 Å². The highest BCUT2D eigenvalue weighted by atomic mass is 16.5. The molecule has 1 N–H and O–H groups in total. The molecule has 7 nitrogen and oxygen atoms in total. The number of carbonyl (C=O) groups excluding carboxylic acids is 2. The van der Waals surface area contributed by atoms with Crippen molar-refractivity contribution in [1.82, 2.24) is 15.1 Å². The van der Waals surface area contributed by atoms with E-state index in [9.17, 15) is 14.4 Å². The molecule has 7 heteroatoms. The van der Waals surface area contributed by atoms with Gasteiger partial charge in [0.25, 0.3) is 11.5 Å². The van der Waals surface area contributed by atoms with Gasteiger partial charge in [-0.3, -0.25) is 14.4 Å². The molecule has 126 valence electrons. The maximum absolute atomic E-state index is 12.1. The Bertz CT molecular complexity index is 769. The second-order valence-corrected chi connectivity index (χ2v) is 5.35. The van der Waals surface area contributed by atoms with Crippen molar-refractivity contribution >= 4 is 11.9 Å². The number of esters is 1. The first kappa shape index (κ1) is 17.4. The molecular formula is C17H19N3O4. The first-order valence-electron chi connectivity index (χ1n) is 7.61. The molecule has 0 aliphatic carbocycles. The van der Waals surface area contributed by atoms with Crippen LogP contribution in [0.1, 0.15) is 30.8 Å². The van der Waals surface area contributed by atoms with Crippen molar-refractivity contribution in [2.45, 2.75) is 26.4 Å². The van der Waals surface area contributed by atoms with Crippen molar-refractivity contribution in [1.29, 1.82) is 0 Å². The molecule has 0 aliphatic rings. The molecule has 0 radical (unpaired) electrons. The van der Waals surface area contributed by atoms with Gasteiger partial charge in [-0.05, 0) is 32.0 Å². The molecule has 0 saturated heterocycles. The van der Waals surface area contributed by atoms with E-state index in [1.165, 1.54) is 12.1 Å². The average molecular weight is 329 g/mol. The van der Waals surface area contributed by atoms with Gasteiger partial charge in [0.2, 0.25) is 0 Å². The van der Waals surface area contributed by atoms with E-state index in [4.69, 9.17) is 4.74 Å². The van der Waals surface area contributed by atoms with Gasteiger partial charge >= 0.3 is 5.97 Å². The summed E-state index contributed by atoms with van der Waals surface area (Å²) in [5.74, 6) is -0.843. The summed E-state index contributed by atoms with van der Waals surface area (Å²) in [7, 11) is 0. The van der Waals surface area contributed by atoms with Gasteiger partial charge in [-0.2, -0.15) is 9.78 Å². The third-order valence-corrected chi connectivity index (χ3v) is 3.02. The van der Waals surface area contributed by atoms with E-state index < -0.39 is 5.91 Å². The molecule has 0 bridgehead atoms. The highest BCUT2D eigenvalue weighted by molar-refractivity contribution is 5.92. The van der Waals surface area contributed by atoms with E-state index in [-0.39, 0.29) is 36.3 Å². The zero-order chi connectivity index (χ0) is 17.5. The lowest BCUT2D eigenvalue weighted by Gasteiger charge is -2.09. The Hall–Kier alpha value is -2.96. The van der Waals surface area contributed by atoms with Gasteiger partial charge in [0.05, 0.1) is 18.2 Å². The molecule has 0 fully saturated rings. The fraction of sp³-hybridized carbons (Fsp3) is 0.294. The highest BCUT2D eigenvalue weighted by Gasteiger charge is 2.11. The van der Waals surface area contributed by atoms with E-state index in [2.05, 4.69) is 10.4 Å². The second kappa shape index (κ2) is 8.05. The lowest BCUT2D eigenvalue weighted by molar-refractivity contribution is -0.147. The van der Waals surface area contributed by atoms with Crippen LogP contribution < -0.4 is 10.9 Å². The smallest absolute Gasteiger partial charge is 0.307 e.